The first kappa shape index (κ1) is 19.9. The van der Waals surface area contributed by atoms with Gasteiger partial charge in [-0.3, -0.25) is 14.8 Å². The van der Waals surface area contributed by atoms with Crippen molar-refractivity contribution in [2.75, 3.05) is 37.6 Å². The number of hydrogen-bond acceptors (Lipinski definition) is 4. The number of nitrogens with zero attached hydrogens (tertiary/aromatic N) is 4. The number of aromatic carboxylic acids is 1. The molecule has 0 radical (unpaired) electrons. The highest BCUT2D eigenvalue weighted by atomic mass is 19.1. The molecule has 1 aliphatic rings. The van der Waals surface area contributed by atoms with Gasteiger partial charge < -0.3 is 19.8 Å². The van der Waals surface area contributed by atoms with Crippen LogP contribution in [-0.2, 0) is 0 Å². The molecule has 0 amide bonds. The van der Waals surface area contributed by atoms with Crippen LogP contribution >= 0.6 is 0 Å². The van der Waals surface area contributed by atoms with Crippen molar-refractivity contribution in [2.45, 2.75) is 6.92 Å². The van der Waals surface area contributed by atoms with Crippen LogP contribution < -0.4 is 10.3 Å². The van der Waals surface area contributed by atoms with Crippen LogP contribution in [0.2, 0.25) is 0 Å². The van der Waals surface area contributed by atoms with Crippen molar-refractivity contribution in [3.8, 4) is 12.0 Å². The lowest BCUT2D eigenvalue weighted by Crippen LogP contribution is -2.49. The van der Waals surface area contributed by atoms with Crippen LogP contribution in [0.5, 0.6) is 0 Å². The molecule has 0 spiro atoms. The largest absolute Gasteiger partial charge is 0.477 e. The Bertz CT molecular complexity index is 1160. The molecule has 1 aliphatic heterocycles. The van der Waals surface area contributed by atoms with Gasteiger partial charge in [0.25, 0.3) is 6.54 Å². The second-order valence-corrected chi connectivity index (χ2v) is 6.47. The van der Waals surface area contributed by atoms with Crippen LogP contribution in [0.4, 0.5) is 10.1 Å². The number of pyridine rings is 1. The Morgan fingerprint density at radius 2 is 2.03 bits per heavy atom. The molecule has 1 saturated heterocycles. The summed E-state index contributed by atoms with van der Waals surface area (Å²) >= 11 is 0. The number of hydrogen-bond donors (Lipinski definition) is 2. The Balaban J connectivity index is 2.03. The molecule has 148 valence electrons. The number of carbonyl (C=O) groups is 1. The smallest absolute Gasteiger partial charge is 0.341 e. The third kappa shape index (κ3) is 3.76. The number of rotatable bonds is 3. The number of anilines is 1. The van der Waals surface area contributed by atoms with E-state index in [-0.39, 0.29) is 23.5 Å². The van der Waals surface area contributed by atoms with Gasteiger partial charge in [0.15, 0.2) is 5.84 Å². The van der Waals surface area contributed by atoms with Crippen molar-refractivity contribution in [1.82, 2.24) is 9.47 Å². The van der Waals surface area contributed by atoms with E-state index in [2.05, 4.69) is 16.8 Å². The van der Waals surface area contributed by atoms with Gasteiger partial charge in [0.2, 0.25) is 5.43 Å². The number of nitrogens with one attached hydrogen (secondary N) is 1. The first-order valence-electron chi connectivity index (χ1n) is 8.83. The maximum atomic E-state index is 14.8. The van der Waals surface area contributed by atoms with Crippen LogP contribution in [0.15, 0.2) is 23.1 Å². The number of halogens is 1. The van der Waals surface area contributed by atoms with Crippen molar-refractivity contribution in [3.05, 3.63) is 51.4 Å². The van der Waals surface area contributed by atoms with Gasteiger partial charge in [-0.15, -0.1) is 0 Å². The minimum atomic E-state index is -1.40. The second kappa shape index (κ2) is 8.03. The van der Waals surface area contributed by atoms with Gasteiger partial charge in [-0.2, -0.15) is 0 Å². The number of amidine groups is 1. The Morgan fingerprint density at radius 1 is 1.34 bits per heavy atom. The Labute approximate surface area is 166 Å². The van der Waals surface area contributed by atoms with Crippen molar-refractivity contribution in [1.29, 1.82) is 5.41 Å². The second-order valence-electron chi connectivity index (χ2n) is 6.47. The highest BCUT2D eigenvalue weighted by molar-refractivity contribution is 5.94. The summed E-state index contributed by atoms with van der Waals surface area (Å²) in [4.78, 5) is 30.6. The van der Waals surface area contributed by atoms with Gasteiger partial charge in [-0.05, 0) is 19.1 Å². The van der Waals surface area contributed by atoms with Crippen molar-refractivity contribution in [3.63, 3.8) is 0 Å². The fourth-order valence-electron chi connectivity index (χ4n) is 3.33. The van der Waals surface area contributed by atoms with E-state index in [9.17, 15) is 19.1 Å². The molecule has 9 heteroatoms. The average molecular weight is 395 g/mol. The average Bonchev–Trinajstić information content (AvgIpc) is 2.70. The van der Waals surface area contributed by atoms with Crippen LogP contribution in [0.1, 0.15) is 17.3 Å². The quantitative estimate of drug-likeness (QED) is 0.357. The third-order valence-corrected chi connectivity index (χ3v) is 4.77. The monoisotopic (exact) mass is 395 g/mol. The first-order chi connectivity index (χ1) is 13.9. The van der Waals surface area contributed by atoms with Crippen LogP contribution in [0.25, 0.3) is 15.7 Å². The van der Waals surface area contributed by atoms with E-state index < -0.39 is 22.8 Å². The van der Waals surface area contributed by atoms with Crippen LogP contribution in [-0.4, -0.2) is 59.1 Å². The Kier molecular flexibility index (Phi) is 5.51. The van der Waals surface area contributed by atoms with Crippen LogP contribution in [0.3, 0.4) is 0 Å². The number of carboxylic acid groups (broad SMARTS) is 1. The Hall–Kier alpha value is -3.85. The zero-order valence-electron chi connectivity index (χ0n) is 15.7. The van der Waals surface area contributed by atoms with E-state index in [1.807, 2.05) is 0 Å². The van der Waals surface area contributed by atoms with E-state index in [0.29, 0.717) is 31.7 Å². The topological polar surface area (TPSA) is 94.0 Å². The van der Waals surface area contributed by atoms with Gasteiger partial charge in [0.1, 0.15) is 11.4 Å². The maximum absolute atomic E-state index is 14.8. The van der Waals surface area contributed by atoms with E-state index in [0.717, 1.165) is 12.3 Å². The predicted octanol–water partition coefficient (Wildman–Crippen LogP) is 1.69. The number of carboxylic acids is 1. The molecule has 29 heavy (non-hydrogen) atoms. The lowest BCUT2D eigenvalue weighted by molar-refractivity contribution is 0.0695. The molecule has 1 aromatic heterocycles. The molecule has 0 unspecified atom stereocenters. The number of piperazine rings is 1. The molecule has 0 atom stereocenters. The lowest BCUT2D eigenvalue weighted by Gasteiger charge is -2.36. The molecule has 2 heterocycles. The van der Waals surface area contributed by atoms with E-state index in [1.165, 1.54) is 10.6 Å². The number of benzene rings is 1. The zero-order chi connectivity index (χ0) is 21.1. The van der Waals surface area contributed by atoms with Gasteiger partial charge in [0.05, 0.1) is 16.6 Å². The van der Waals surface area contributed by atoms with Crippen molar-refractivity contribution < 1.29 is 14.3 Å². The lowest BCUT2D eigenvalue weighted by atomic mass is 10.1. The molecule has 0 bridgehead atoms. The van der Waals surface area contributed by atoms with E-state index >= 15 is 0 Å². The molecule has 2 N–H and O–H groups in total. The normalized spacial score (nSPS) is 13.6. The fourth-order valence-corrected chi connectivity index (χ4v) is 3.33. The van der Waals surface area contributed by atoms with Gasteiger partial charge in [-0.25, -0.2) is 15.8 Å². The summed E-state index contributed by atoms with van der Waals surface area (Å²) in [5, 5.41) is 17.1. The summed E-state index contributed by atoms with van der Waals surface area (Å²) in [5.74, 6) is 0.880. The molecule has 0 aliphatic carbocycles. The standard InChI is InChI=1S/C20H18FN5O3/c1-3-4-26-12-14(20(28)29)19(27)13-9-15(21)17(10-16(13)26)24-5-7-25(8-6-24)18(22)11-23-2/h9-10,12,22H,5-8,11H2,1H3,(H,28,29). The van der Waals surface area contributed by atoms with Crippen molar-refractivity contribution >= 4 is 28.4 Å². The zero-order valence-corrected chi connectivity index (χ0v) is 15.7. The molecule has 1 fully saturated rings. The summed E-state index contributed by atoms with van der Waals surface area (Å²) in [5.41, 5.74) is -0.624. The SMILES string of the molecule is [C-]#[N+]CC(=N)N1CCN(c2cc3c(cc2F)c(=O)c(C(=O)O)cn3C#CC)CC1. The number of fused-ring (bicyclic) bond motifs is 1. The van der Waals surface area contributed by atoms with Gasteiger partial charge in [0, 0.05) is 38.4 Å². The minimum Gasteiger partial charge on any atom is -0.477 e. The highest BCUT2D eigenvalue weighted by Gasteiger charge is 2.24. The Morgan fingerprint density at radius 3 is 2.62 bits per heavy atom. The highest BCUT2D eigenvalue weighted by Crippen LogP contribution is 2.26. The summed E-state index contributed by atoms with van der Waals surface area (Å²) in [6.45, 7) is 10.3. The molecule has 8 nitrogen and oxygen atoms in total. The van der Waals surface area contributed by atoms with Gasteiger partial charge in [-0.1, -0.05) is 5.92 Å². The minimum absolute atomic E-state index is 0.0121. The van der Waals surface area contributed by atoms with Gasteiger partial charge >= 0.3 is 5.97 Å². The van der Waals surface area contributed by atoms with E-state index in [4.69, 9.17) is 12.0 Å². The van der Waals surface area contributed by atoms with Crippen LogP contribution in [0, 0.1) is 29.8 Å². The summed E-state index contributed by atoms with van der Waals surface area (Å²) < 4.78 is 16.2. The predicted molar refractivity (Wildman–Crippen MR) is 107 cm³/mol. The maximum Gasteiger partial charge on any atom is 0.341 e. The number of aromatic nitrogens is 1. The third-order valence-electron chi connectivity index (χ3n) is 4.77. The molecule has 1 aromatic carbocycles. The summed E-state index contributed by atoms with van der Waals surface area (Å²) in [6.07, 6.45) is 1.15. The molecule has 2 aromatic rings. The molecule has 0 saturated carbocycles. The summed E-state index contributed by atoms with van der Waals surface area (Å²) in [6, 6.07) is 5.28. The van der Waals surface area contributed by atoms with E-state index in [1.54, 1.807) is 16.7 Å². The fraction of sp³-hybridized carbons (Fsp3) is 0.300. The van der Waals surface area contributed by atoms with Crippen molar-refractivity contribution in [2.24, 2.45) is 0 Å². The molecule has 3 rings (SSSR count). The first-order valence-corrected chi connectivity index (χ1v) is 8.83. The molecular formula is C20H18FN5O3. The molecular weight excluding hydrogens is 377 g/mol. The summed E-state index contributed by atoms with van der Waals surface area (Å²) in [7, 11) is 0.